The van der Waals surface area contributed by atoms with Gasteiger partial charge in [-0.1, -0.05) is 25.9 Å². The molecule has 0 spiro atoms. The van der Waals surface area contributed by atoms with E-state index in [9.17, 15) is 0 Å². The van der Waals surface area contributed by atoms with Crippen molar-refractivity contribution in [3.8, 4) is 11.5 Å². The molecule has 0 aliphatic heterocycles. The van der Waals surface area contributed by atoms with Crippen LogP contribution in [-0.4, -0.2) is 24.3 Å². The predicted molar refractivity (Wildman–Crippen MR) is 79.5 cm³/mol. The van der Waals surface area contributed by atoms with E-state index < -0.39 is 0 Å². The molecule has 0 saturated heterocycles. The second-order valence-electron chi connectivity index (χ2n) is 5.29. The Labute approximate surface area is 120 Å². The second-order valence-corrected chi connectivity index (χ2v) is 5.29. The van der Waals surface area contributed by atoms with E-state index in [0.717, 1.165) is 17.9 Å². The first kappa shape index (κ1) is 16.1. The van der Waals surface area contributed by atoms with Crippen LogP contribution in [0.5, 0.6) is 11.5 Å². The molecule has 0 radical (unpaired) electrons. The average Bonchev–Trinajstić information content (AvgIpc) is 2.45. The molecule has 112 valence electrons. The summed E-state index contributed by atoms with van der Waals surface area (Å²) in [4.78, 5) is 0. The molecule has 0 saturated carbocycles. The van der Waals surface area contributed by atoms with Gasteiger partial charge >= 0.3 is 0 Å². The van der Waals surface area contributed by atoms with Gasteiger partial charge in [-0.05, 0) is 37.1 Å². The molecule has 0 atom stereocenters. The molecule has 20 heavy (non-hydrogen) atoms. The highest BCUT2D eigenvalue weighted by Crippen LogP contribution is 2.22. The Bertz CT molecular complexity index is 427. The van der Waals surface area contributed by atoms with E-state index >= 15 is 0 Å². The van der Waals surface area contributed by atoms with Gasteiger partial charge in [0, 0.05) is 5.41 Å². The lowest BCUT2D eigenvalue weighted by Crippen LogP contribution is -2.33. The van der Waals surface area contributed by atoms with Gasteiger partial charge < -0.3 is 20.4 Å². The van der Waals surface area contributed by atoms with Crippen molar-refractivity contribution in [2.24, 2.45) is 16.3 Å². The molecular weight excluding hydrogens is 256 g/mol. The van der Waals surface area contributed by atoms with Gasteiger partial charge in [-0.3, -0.25) is 0 Å². The lowest BCUT2D eigenvalue weighted by molar-refractivity contribution is 0.259. The number of hydrogen-bond donors (Lipinski definition) is 2. The predicted octanol–water partition coefficient (Wildman–Crippen LogP) is 3.02. The van der Waals surface area contributed by atoms with Crippen LogP contribution in [0.15, 0.2) is 29.4 Å². The zero-order valence-corrected chi connectivity index (χ0v) is 12.4. The summed E-state index contributed by atoms with van der Waals surface area (Å²) >= 11 is 0. The smallest absolute Gasteiger partial charge is 0.144 e. The van der Waals surface area contributed by atoms with E-state index in [1.165, 1.54) is 0 Å². The summed E-state index contributed by atoms with van der Waals surface area (Å²) in [6.45, 7) is 7.10. The number of oxime groups is 1. The van der Waals surface area contributed by atoms with Gasteiger partial charge in [0.05, 0.1) is 13.2 Å². The molecule has 0 bridgehead atoms. The number of nitrogens with zero attached hydrogens (tertiary/aromatic N) is 1. The summed E-state index contributed by atoms with van der Waals surface area (Å²) in [6, 6.07) is 7.53. The van der Waals surface area contributed by atoms with E-state index in [1.807, 2.05) is 38.1 Å². The van der Waals surface area contributed by atoms with Crippen LogP contribution < -0.4 is 15.2 Å². The molecule has 0 amide bonds. The van der Waals surface area contributed by atoms with Gasteiger partial charge in [-0.15, -0.1) is 0 Å². The van der Waals surface area contributed by atoms with Crippen molar-refractivity contribution >= 4 is 5.84 Å². The largest absolute Gasteiger partial charge is 0.494 e. The SMILES string of the molecule is CCCOc1ccc(OCCC(C)(C)C(N)=NO)cc1. The standard InChI is InChI=1S/C15H24N2O3/c1-4-10-19-12-5-7-13(8-6-12)20-11-9-15(2,3)14(16)17-18/h5-8,18H,4,9-11H2,1-3H3,(H2,16,17). The Kier molecular flexibility index (Phi) is 6.15. The van der Waals surface area contributed by atoms with E-state index in [1.54, 1.807) is 0 Å². The molecule has 5 heteroatoms. The number of amidine groups is 1. The first-order valence-electron chi connectivity index (χ1n) is 6.83. The van der Waals surface area contributed by atoms with Crippen molar-refractivity contribution in [1.82, 2.24) is 0 Å². The Morgan fingerprint density at radius 3 is 2.10 bits per heavy atom. The van der Waals surface area contributed by atoms with Crippen molar-refractivity contribution in [2.45, 2.75) is 33.6 Å². The maximum absolute atomic E-state index is 8.70. The van der Waals surface area contributed by atoms with Crippen molar-refractivity contribution < 1.29 is 14.7 Å². The van der Waals surface area contributed by atoms with Crippen LogP contribution in [0.1, 0.15) is 33.6 Å². The van der Waals surface area contributed by atoms with Gasteiger partial charge in [0.15, 0.2) is 0 Å². The Hall–Kier alpha value is -1.91. The highest BCUT2D eigenvalue weighted by molar-refractivity contribution is 5.85. The van der Waals surface area contributed by atoms with E-state index in [0.29, 0.717) is 19.6 Å². The minimum Gasteiger partial charge on any atom is -0.494 e. The fourth-order valence-electron chi connectivity index (χ4n) is 1.54. The fraction of sp³-hybridized carbons (Fsp3) is 0.533. The highest BCUT2D eigenvalue weighted by atomic mass is 16.5. The lowest BCUT2D eigenvalue weighted by Gasteiger charge is -2.22. The first-order valence-corrected chi connectivity index (χ1v) is 6.83. The summed E-state index contributed by atoms with van der Waals surface area (Å²) in [6.07, 6.45) is 1.65. The molecule has 1 aromatic carbocycles. The summed E-state index contributed by atoms with van der Waals surface area (Å²) < 4.78 is 11.1. The topological polar surface area (TPSA) is 77.1 Å². The highest BCUT2D eigenvalue weighted by Gasteiger charge is 2.23. The molecule has 0 fully saturated rings. The zero-order valence-electron chi connectivity index (χ0n) is 12.4. The zero-order chi connectivity index (χ0) is 15.0. The third-order valence-electron chi connectivity index (χ3n) is 3.09. The quantitative estimate of drug-likeness (QED) is 0.332. The third kappa shape index (κ3) is 4.99. The van der Waals surface area contributed by atoms with Gasteiger partial charge in [0.2, 0.25) is 0 Å². The summed E-state index contributed by atoms with van der Waals surface area (Å²) in [5.41, 5.74) is 5.23. The number of nitrogens with two attached hydrogens (primary N) is 1. The molecule has 0 heterocycles. The minimum atomic E-state index is -0.390. The average molecular weight is 280 g/mol. The van der Waals surface area contributed by atoms with Gasteiger partial charge in [-0.25, -0.2) is 0 Å². The Morgan fingerprint density at radius 1 is 1.15 bits per heavy atom. The number of rotatable bonds is 8. The summed E-state index contributed by atoms with van der Waals surface area (Å²) in [5, 5.41) is 11.7. The molecular formula is C15H24N2O3. The summed E-state index contributed by atoms with van der Waals surface area (Å²) in [5.74, 6) is 1.84. The first-order chi connectivity index (χ1) is 9.49. The van der Waals surface area contributed by atoms with Crippen LogP contribution in [0.2, 0.25) is 0 Å². The Morgan fingerprint density at radius 2 is 1.65 bits per heavy atom. The Balaban J connectivity index is 2.42. The van der Waals surface area contributed by atoms with E-state index in [4.69, 9.17) is 20.4 Å². The van der Waals surface area contributed by atoms with Crippen molar-refractivity contribution in [3.05, 3.63) is 24.3 Å². The van der Waals surface area contributed by atoms with Crippen molar-refractivity contribution in [3.63, 3.8) is 0 Å². The molecule has 1 aromatic rings. The molecule has 0 unspecified atom stereocenters. The van der Waals surface area contributed by atoms with Gasteiger partial charge in [0.1, 0.15) is 17.3 Å². The monoisotopic (exact) mass is 280 g/mol. The second kappa shape index (κ2) is 7.62. The van der Waals surface area contributed by atoms with Crippen LogP contribution in [0, 0.1) is 5.41 Å². The van der Waals surface area contributed by atoms with Crippen LogP contribution >= 0.6 is 0 Å². The molecule has 5 nitrogen and oxygen atoms in total. The van der Waals surface area contributed by atoms with Crippen LogP contribution in [0.25, 0.3) is 0 Å². The maximum Gasteiger partial charge on any atom is 0.144 e. The molecule has 3 N–H and O–H groups in total. The number of hydrogen-bond acceptors (Lipinski definition) is 4. The van der Waals surface area contributed by atoms with Crippen LogP contribution in [-0.2, 0) is 0 Å². The number of benzene rings is 1. The minimum absolute atomic E-state index is 0.212. The van der Waals surface area contributed by atoms with Crippen LogP contribution in [0.4, 0.5) is 0 Å². The molecule has 0 aliphatic rings. The lowest BCUT2D eigenvalue weighted by atomic mass is 9.88. The molecule has 0 aliphatic carbocycles. The number of ether oxygens (including phenoxy) is 2. The maximum atomic E-state index is 8.70. The molecule has 0 aromatic heterocycles. The fourth-order valence-corrected chi connectivity index (χ4v) is 1.54. The van der Waals surface area contributed by atoms with Crippen LogP contribution in [0.3, 0.4) is 0 Å². The third-order valence-corrected chi connectivity index (χ3v) is 3.09. The van der Waals surface area contributed by atoms with E-state index in [-0.39, 0.29) is 11.3 Å². The van der Waals surface area contributed by atoms with Gasteiger partial charge in [0.25, 0.3) is 0 Å². The van der Waals surface area contributed by atoms with E-state index in [2.05, 4.69) is 12.1 Å². The van der Waals surface area contributed by atoms with Gasteiger partial charge in [-0.2, -0.15) is 0 Å². The summed E-state index contributed by atoms with van der Waals surface area (Å²) in [7, 11) is 0. The van der Waals surface area contributed by atoms with Crippen molar-refractivity contribution in [2.75, 3.05) is 13.2 Å². The molecule has 1 rings (SSSR count). The normalized spacial score (nSPS) is 12.2. The van der Waals surface area contributed by atoms with Crippen molar-refractivity contribution in [1.29, 1.82) is 0 Å².